The van der Waals surface area contributed by atoms with E-state index in [1.165, 1.54) is 12.8 Å². The third-order valence-electron chi connectivity index (χ3n) is 8.95. The third-order valence-corrected chi connectivity index (χ3v) is 9.94. The minimum absolute atomic E-state index is 0.0435. The molecule has 0 heterocycles. The number of hydrogen-bond donors (Lipinski definition) is 2. The number of allylic oxidation sites excluding steroid dienone is 16. The molecule has 0 saturated heterocycles. The van der Waals surface area contributed by atoms with Crippen LogP contribution >= 0.6 is 7.82 Å². The molecule has 0 saturated carbocycles. The first-order valence-corrected chi connectivity index (χ1v) is 24.2. The first-order chi connectivity index (χ1) is 28.8. The number of ether oxygens (including phenoxy) is 2. The number of unbranched alkanes of at least 4 members (excludes halogenated alkanes) is 12. The molecule has 0 aliphatic carbocycles. The molecule has 0 rings (SSSR count). The average Bonchev–Trinajstić information content (AvgIpc) is 3.22. The van der Waals surface area contributed by atoms with Crippen LogP contribution < -0.4 is 5.73 Å². The van der Waals surface area contributed by atoms with Crippen LogP contribution in [-0.4, -0.2) is 49.3 Å². The van der Waals surface area contributed by atoms with Crippen LogP contribution in [0.2, 0.25) is 0 Å². The summed E-state index contributed by atoms with van der Waals surface area (Å²) in [6, 6.07) is 0. The van der Waals surface area contributed by atoms with E-state index < -0.39 is 32.5 Å². The van der Waals surface area contributed by atoms with Crippen molar-refractivity contribution in [3.8, 4) is 0 Å². The smallest absolute Gasteiger partial charge is 0.462 e. The fraction of sp³-hybridized carbons (Fsp3) is 0.633. The van der Waals surface area contributed by atoms with E-state index in [0.717, 1.165) is 116 Å². The third kappa shape index (κ3) is 44.3. The van der Waals surface area contributed by atoms with Crippen LogP contribution in [0, 0.1) is 0 Å². The zero-order chi connectivity index (χ0) is 43.2. The number of carbonyl (C=O) groups excluding carboxylic acids is 2. The van der Waals surface area contributed by atoms with Gasteiger partial charge in [0.2, 0.25) is 0 Å². The van der Waals surface area contributed by atoms with Crippen molar-refractivity contribution in [2.75, 3.05) is 26.4 Å². The van der Waals surface area contributed by atoms with Crippen LogP contribution in [0.1, 0.15) is 168 Å². The topological polar surface area (TPSA) is 134 Å². The standard InChI is InChI=1S/C49H82NO8P/c1-3-5-7-9-11-13-15-16-17-18-19-20-21-22-23-24-25-26-27-28-29-30-32-34-36-38-40-42-49(52)58-47(46-57-59(53,54)56-44-43-50)45-55-48(51)41-39-37-35-33-31-14-12-10-8-6-4-2/h5,7,10-13,16-17,19-20,22-23,25-26,28-29,47H,3-4,6,8-9,14-15,18,21,24,27,30-46,50H2,1-2H3,(H,53,54)/b7-5-,12-10-,13-11-,17-16-,20-19-,23-22-,26-25-,29-28-. The van der Waals surface area contributed by atoms with Gasteiger partial charge in [-0.25, -0.2) is 4.57 Å². The Bertz CT molecular complexity index is 1280. The van der Waals surface area contributed by atoms with E-state index in [4.69, 9.17) is 24.3 Å². The molecule has 2 unspecified atom stereocenters. The van der Waals surface area contributed by atoms with Gasteiger partial charge >= 0.3 is 19.8 Å². The van der Waals surface area contributed by atoms with E-state index in [2.05, 4.69) is 111 Å². The molecular weight excluding hydrogens is 762 g/mol. The summed E-state index contributed by atoms with van der Waals surface area (Å²) in [5.41, 5.74) is 5.34. The Hall–Kier alpha value is -3.07. The van der Waals surface area contributed by atoms with Gasteiger partial charge in [0.1, 0.15) is 6.61 Å². The fourth-order valence-electron chi connectivity index (χ4n) is 5.59. The number of hydrogen-bond acceptors (Lipinski definition) is 8. The summed E-state index contributed by atoms with van der Waals surface area (Å²) in [4.78, 5) is 34.8. The molecule has 59 heavy (non-hydrogen) atoms. The molecule has 0 aliphatic heterocycles. The van der Waals surface area contributed by atoms with Crippen molar-refractivity contribution in [3.05, 3.63) is 97.2 Å². The highest BCUT2D eigenvalue weighted by Crippen LogP contribution is 2.43. The van der Waals surface area contributed by atoms with Crippen LogP contribution in [0.25, 0.3) is 0 Å². The van der Waals surface area contributed by atoms with Crippen molar-refractivity contribution in [1.82, 2.24) is 0 Å². The fourth-order valence-corrected chi connectivity index (χ4v) is 6.36. The van der Waals surface area contributed by atoms with Crippen LogP contribution in [-0.2, 0) is 32.7 Å². The molecule has 336 valence electrons. The van der Waals surface area contributed by atoms with E-state index in [0.29, 0.717) is 12.8 Å². The summed E-state index contributed by atoms with van der Waals surface area (Å²) < 4.78 is 32.7. The lowest BCUT2D eigenvalue weighted by atomic mass is 10.1. The number of nitrogens with two attached hydrogens (primary N) is 1. The lowest BCUT2D eigenvalue weighted by Crippen LogP contribution is -2.29. The molecule has 0 aromatic carbocycles. The summed E-state index contributed by atoms with van der Waals surface area (Å²) in [7, 11) is -4.39. The molecule has 0 radical (unpaired) electrons. The minimum atomic E-state index is -4.39. The maximum absolute atomic E-state index is 12.6. The minimum Gasteiger partial charge on any atom is -0.462 e. The number of esters is 2. The lowest BCUT2D eigenvalue weighted by molar-refractivity contribution is -0.161. The molecule has 10 heteroatoms. The molecule has 0 fully saturated rings. The van der Waals surface area contributed by atoms with Gasteiger partial charge < -0.3 is 20.1 Å². The van der Waals surface area contributed by atoms with Crippen molar-refractivity contribution in [2.45, 2.75) is 174 Å². The Kier molecular flexibility index (Phi) is 42.2. The van der Waals surface area contributed by atoms with Gasteiger partial charge in [-0.3, -0.25) is 18.6 Å². The van der Waals surface area contributed by atoms with Gasteiger partial charge in [0.05, 0.1) is 13.2 Å². The lowest BCUT2D eigenvalue weighted by Gasteiger charge is -2.19. The van der Waals surface area contributed by atoms with Gasteiger partial charge in [0, 0.05) is 19.4 Å². The largest absolute Gasteiger partial charge is 0.472 e. The van der Waals surface area contributed by atoms with E-state index in [1.807, 2.05) is 0 Å². The second-order valence-electron chi connectivity index (χ2n) is 14.5. The maximum atomic E-state index is 12.6. The van der Waals surface area contributed by atoms with Gasteiger partial charge in [0.25, 0.3) is 0 Å². The second-order valence-corrected chi connectivity index (χ2v) is 16.0. The maximum Gasteiger partial charge on any atom is 0.472 e. The van der Waals surface area contributed by atoms with Gasteiger partial charge in [-0.05, 0) is 89.9 Å². The number of rotatable bonds is 41. The predicted octanol–water partition coefficient (Wildman–Crippen LogP) is 13.4. The summed E-state index contributed by atoms with van der Waals surface area (Å²) in [6.45, 7) is 3.52. The van der Waals surface area contributed by atoms with E-state index >= 15 is 0 Å². The van der Waals surface area contributed by atoms with Crippen LogP contribution in [0.15, 0.2) is 97.2 Å². The number of phosphoric ester groups is 1. The van der Waals surface area contributed by atoms with Crippen LogP contribution in [0.3, 0.4) is 0 Å². The molecule has 0 bridgehead atoms. The highest BCUT2D eigenvalue weighted by Gasteiger charge is 2.26. The molecule has 9 nitrogen and oxygen atoms in total. The quantitative estimate of drug-likeness (QED) is 0.0267. The first-order valence-electron chi connectivity index (χ1n) is 22.7. The Morgan fingerprint density at radius 2 is 0.932 bits per heavy atom. The molecule has 0 aliphatic rings. The van der Waals surface area contributed by atoms with Crippen molar-refractivity contribution < 1.29 is 37.6 Å². The SMILES string of the molecule is CC/C=C\C/C=C\C/C=C\C/C=C\C/C=C\C/C=C\C/C=C\CCCCCCCC(=O)OC(COC(=O)CCCCCCC/C=C\CCCC)COP(=O)(O)OCCN. The highest BCUT2D eigenvalue weighted by atomic mass is 31.2. The molecule has 0 spiro atoms. The predicted molar refractivity (Wildman–Crippen MR) is 247 cm³/mol. The summed E-state index contributed by atoms with van der Waals surface area (Å²) >= 11 is 0. The average molecular weight is 844 g/mol. The van der Waals surface area contributed by atoms with Crippen molar-refractivity contribution in [3.63, 3.8) is 0 Å². The van der Waals surface area contributed by atoms with E-state index in [1.54, 1.807) is 0 Å². The Morgan fingerprint density at radius 1 is 0.525 bits per heavy atom. The molecular formula is C49H82NO8P. The van der Waals surface area contributed by atoms with E-state index in [9.17, 15) is 19.0 Å². The molecule has 0 aromatic rings. The second kappa shape index (κ2) is 44.5. The molecule has 3 N–H and O–H groups in total. The molecule has 0 amide bonds. The monoisotopic (exact) mass is 844 g/mol. The summed E-state index contributed by atoms with van der Waals surface area (Å²) in [6.07, 6.45) is 57.3. The number of carbonyl (C=O) groups is 2. The van der Waals surface area contributed by atoms with Crippen molar-refractivity contribution in [1.29, 1.82) is 0 Å². The molecule has 2 atom stereocenters. The first kappa shape index (κ1) is 55.9. The summed E-state index contributed by atoms with van der Waals surface area (Å²) in [5, 5.41) is 0. The van der Waals surface area contributed by atoms with Gasteiger partial charge in [-0.1, -0.05) is 162 Å². The van der Waals surface area contributed by atoms with Gasteiger partial charge in [0.15, 0.2) is 6.10 Å². The van der Waals surface area contributed by atoms with Gasteiger partial charge in [-0.2, -0.15) is 0 Å². The van der Waals surface area contributed by atoms with E-state index in [-0.39, 0.29) is 32.6 Å². The van der Waals surface area contributed by atoms with Crippen molar-refractivity contribution in [2.24, 2.45) is 5.73 Å². The zero-order valence-electron chi connectivity index (χ0n) is 36.9. The Labute approximate surface area is 359 Å². The van der Waals surface area contributed by atoms with Crippen molar-refractivity contribution >= 4 is 19.8 Å². The summed E-state index contributed by atoms with van der Waals surface area (Å²) in [5.74, 6) is -0.872. The van der Waals surface area contributed by atoms with Crippen LogP contribution in [0.5, 0.6) is 0 Å². The molecule has 0 aromatic heterocycles. The Morgan fingerprint density at radius 3 is 1.41 bits per heavy atom. The normalized spacial score (nSPS) is 14.2. The number of phosphoric acid groups is 1. The zero-order valence-corrected chi connectivity index (χ0v) is 37.8. The Balaban J connectivity index is 4.15. The van der Waals surface area contributed by atoms with Crippen LogP contribution in [0.4, 0.5) is 0 Å². The highest BCUT2D eigenvalue weighted by molar-refractivity contribution is 7.47. The van der Waals surface area contributed by atoms with Gasteiger partial charge in [-0.15, -0.1) is 0 Å².